The van der Waals surface area contributed by atoms with Crippen LogP contribution in [-0.2, 0) is 6.42 Å². The smallest absolute Gasteiger partial charge is 0.151 e. The molecule has 0 amide bonds. The standard InChI is InChI=1S/C10H11BrN4/c1-2-9-10(12)15(14-13-9)8-5-3-7(11)4-6-8/h3-6H,2,12H2,1H3. The van der Waals surface area contributed by atoms with E-state index in [-0.39, 0.29) is 0 Å². The second kappa shape index (κ2) is 4.02. The molecule has 1 aromatic carbocycles. The van der Waals surface area contributed by atoms with E-state index in [1.165, 1.54) is 0 Å². The van der Waals surface area contributed by atoms with Crippen molar-refractivity contribution in [3.63, 3.8) is 0 Å². The summed E-state index contributed by atoms with van der Waals surface area (Å²) in [5.41, 5.74) is 7.66. The highest BCUT2D eigenvalue weighted by atomic mass is 79.9. The van der Waals surface area contributed by atoms with E-state index in [9.17, 15) is 0 Å². The molecule has 0 spiro atoms. The highest BCUT2D eigenvalue weighted by molar-refractivity contribution is 9.10. The molecule has 0 saturated carbocycles. The third-order valence-electron chi connectivity index (χ3n) is 2.18. The lowest BCUT2D eigenvalue weighted by Crippen LogP contribution is -2.02. The molecule has 15 heavy (non-hydrogen) atoms. The summed E-state index contributed by atoms with van der Waals surface area (Å²) >= 11 is 3.38. The van der Waals surface area contributed by atoms with Crippen molar-refractivity contribution >= 4 is 21.7 Å². The van der Waals surface area contributed by atoms with Crippen LogP contribution in [0.5, 0.6) is 0 Å². The molecule has 2 rings (SSSR count). The first-order valence-electron chi connectivity index (χ1n) is 4.68. The molecule has 2 aromatic rings. The first-order chi connectivity index (χ1) is 7.22. The molecule has 4 nitrogen and oxygen atoms in total. The minimum atomic E-state index is 0.611. The predicted molar refractivity (Wildman–Crippen MR) is 62.8 cm³/mol. The average Bonchev–Trinajstić information content (AvgIpc) is 2.61. The first-order valence-corrected chi connectivity index (χ1v) is 5.47. The summed E-state index contributed by atoms with van der Waals surface area (Å²) in [6.45, 7) is 2.01. The molecule has 0 saturated heterocycles. The zero-order valence-corrected chi connectivity index (χ0v) is 9.90. The van der Waals surface area contributed by atoms with E-state index in [0.29, 0.717) is 5.82 Å². The van der Waals surface area contributed by atoms with Gasteiger partial charge in [0.15, 0.2) is 5.82 Å². The number of benzene rings is 1. The highest BCUT2D eigenvalue weighted by Crippen LogP contribution is 2.17. The van der Waals surface area contributed by atoms with Crippen molar-refractivity contribution in [2.24, 2.45) is 0 Å². The van der Waals surface area contributed by atoms with Gasteiger partial charge in [0, 0.05) is 4.47 Å². The van der Waals surface area contributed by atoms with E-state index < -0.39 is 0 Å². The summed E-state index contributed by atoms with van der Waals surface area (Å²) in [5, 5.41) is 8.02. The fourth-order valence-corrected chi connectivity index (χ4v) is 1.61. The van der Waals surface area contributed by atoms with Crippen LogP contribution in [-0.4, -0.2) is 15.0 Å². The van der Waals surface area contributed by atoms with Gasteiger partial charge in [-0.05, 0) is 30.7 Å². The van der Waals surface area contributed by atoms with Gasteiger partial charge in [0.25, 0.3) is 0 Å². The third kappa shape index (κ3) is 1.87. The number of anilines is 1. The molecule has 0 bridgehead atoms. The van der Waals surface area contributed by atoms with Gasteiger partial charge >= 0.3 is 0 Å². The van der Waals surface area contributed by atoms with Gasteiger partial charge in [0.1, 0.15) is 5.69 Å². The Hall–Kier alpha value is -1.36. The summed E-state index contributed by atoms with van der Waals surface area (Å²) in [4.78, 5) is 0. The lowest BCUT2D eigenvalue weighted by atomic mass is 10.3. The Morgan fingerprint density at radius 1 is 1.33 bits per heavy atom. The quantitative estimate of drug-likeness (QED) is 0.907. The fraction of sp³-hybridized carbons (Fsp3) is 0.200. The fourth-order valence-electron chi connectivity index (χ4n) is 1.35. The van der Waals surface area contributed by atoms with E-state index in [4.69, 9.17) is 5.73 Å². The van der Waals surface area contributed by atoms with Crippen LogP contribution in [0.4, 0.5) is 5.82 Å². The van der Waals surface area contributed by atoms with Crippen molar-refractivity contribution in [2.75, 3.05) is 5.73 Å². The summed E-state index contributed by atoms with van der Waals surface area (Å²) < 4.78 is 2.67. The Labute approximate surface area is 96.2 Å². The van der Waals surface area contributed by atoms with Crippen LogP contribution in [0.15, 0.2) is 28.7 Å². The molecule has 0 radical (unpaired) electrons. The van der Waals surface area contributed by atoms with E-state index >= 15 is 0 Å². The summed E-state index contributed by atoms with van der Waals surface area (Å²) in [5.74, 6) is 0.611. The second-order valence-electron chi connectivity index (χ2n) is 3.16. The minimum Gasteiger partial charge on any atom is -0.382 e. The zero-order valence-electron chi connectivity index (χ0n) is 8.31. The molecule has 0 aliphatic rings. The molecule has 0 fully saturated rings. The maximum absolute atomic E-state index is 5.91. The number of hydrogen-bond donors (Lipinski definition) is 1. The number of rotatable bonds is 2. The predicted octanol–water partition coefficient (Wildman–Crippen LogP) is 2.17. The maximum Gasteiger partial charge on any atom is 0.151 e. The molecule has 0 unspecified atom stereocenters. The van der Waals surface area contributed by atoms with Gasteiger partial charge in [-0.3, -0.25) is 0 Å². The van der Waals surface area contributed by atoms with Crippen molar-refractivity contribution in [3.8, 4) is 5.69 Å². The SMILES string of the molecule is CCc1nnn(-c2ccc(Br)cc2)c1N. The van der Waals surface area contributed by atoms with E-state index in [1.807, 2.05) is 31.2 Å². The van der Waals surface area contributed by atoms with Gasteiger partial charge in [0.2, 0.25) is 0 Å². The topological polar surface area (TPSA) is 56.7 Å². The molecule has 2 N–H and O–H groups in total. The average molecular weight is 267 g/mol. The molecular weight excluding hydrogens is 256 g/mol. The number of nitrogen functional groups attached to an aromatic ring is 1. The molecule has 0 aliphatic carbocycles. The van der Waals surface area contributed by atoms with Crippen LogP contribution in [0.3, 0.4) is 0 Å². The van der Waals surface area contributed by atoms with Crippen molar-refractivity contribution in [1.82, 2.24) is 15.0 Å². The zero-order chi connectivity index (χ0) is 10.8. The van der Waals surface area contributed by atoms with Crippen LogP contribution >= 0.6 is 15.9 Å². The van der Waals surface area contributed by atoms with Gasteiger partial charge in [-0.2, -0.15) is 4.68 Å². The van der Waals surface area contributed by atoms with E-state index in [0.717, 1.165) is 22.3 Å². The Balaban J connectivity index is 2.45. The number of hydrogen-bond acceptors (Lipinski definition) is 3. The van der Waals surface area contributed by atoms with Gasteiger partial charge in [-0.25, -0.2) is 0 Å². The summed E-state index contributed by atoms with van der Waals surface area (Å²) in [6, 6.07) is 7.77. The largest absolute Gasteiger partial charge is 0.382 e. The van der Waals surface area contributed by atoms with Crippen LogP contribution < -0.4 is 5.73 Å². The highest BCUT2D eigenvalue weighted by Gasteiger charge is 2.08. The lowest BCUT2D eigenvalue weighted by Gasteiger charge is -2.02. The monoisotopic (exact) mass is 266 g/mol. The summed E-state index contributed by atoms with van der Waals surface area (Å²) in [7, 11) is 0. The van der Waals surface area contributed by atoms with Gasteiger partial charge in [-0.1, -0.05) is 28.1 Å². The molecule has 0 atom stereocenters. The minimum absolute atomic E-state index is 0.611. The molecule has 1 aromatic heterocycles. The molecule has 78 valence electrons. The molecular formula is C10H11BrN4. The molecule has 5 heteroatoms. The Morgan fingerprint density at radius 3 is 2.53 bits per heavy atom. The number of aryl methyl sites for hydroxylation is 1. The van der Waals surface area contributed by atoms with Gasteiger partial charge in [0.05, 0.1) is 5.69 Å². The number of nitrogens with two attached hydrogens (primary N) is 1. The Bertz CT molecular complexity index is 461. The van der Waals surface area contributed by atoms with Crippen molar-refractivity contribution in [2.45, 2.75) is 13.3 Å². The lowest BCUT2D eigenvalue weighted by molar-refractivity contribution is 0.802. The summed E-state index contributed by atoms with van der Waals surface area (Å²) in [6.07, 6.45) is 0.794. The Morgan fingerprint density at radius 2 is 2.00 bits per heavy atom. The Kier molecular flexibility index (Phi) is 2.73. The second-order valence-corrected chi connectivity index (χ2v) is 4.08. The van der Waals surface area contributed by atoms with Crippen LogP contribution in [0.25, 0.3) is 5.69 Å². The van der Waals surface area contributed by atoms with E-state index in [1.54, 1.807) is 4.68 Å². The van der Waals surface area contributed by atoms with Crippen molar-refractivity contribution in [1.29, 1.82) is 0 Å². The molecule has 1 heterocycles. The number of aromatic nitrogens is 3. The van der Waals surface area contributed by atoms with Gasteiger partial charge < -0.3 is 5.73 Å². The first kappa shape index (κ1) is 10.2. The van der Waals surface area contributed by atoms with Gasteiger partial charge in [-0.15, -0.1) is 5.10 Å². The van der Waals surface area contributed by atoms with Crippen molar-refractivity contribution < 1.29 is 0 Å². The van der Waals surface area contributed by atoms with E-state index in [2.05, 4.69) is 26.2 Å². The number of nitrogens with zero attached hydrogens (tertiary/aromatic N) is 3. The van der Waals surface area contributed by atoms with Crippen LogP contribution in [0.2, 0.25) is 0 Å². The van der Waals surface area contributed by atoms with Crippen LogP contribution in [0, 0.1) is 0 Å². The normalized spacial score (nSPS) is 10.5. The maximum atomic E-state index is 5.91. The third-order valence-corrected chi connectivity index (χ3v) is 2.71. The van der Waals surface area contributed by atoms with Crippen LogP contribution in [0.1, 0.15) is 12.6 Å². The molecule has 0 aliphatic heterocycles. The van der Waals surface area contributed by atoms with Crippen molar-refractivity contribution in [3.05, 3.63) is 34.4 Å². The number of halogens is 1.